The molecule has 31 heavy (non-hydrogen) atoms. The third-order valence-corrected chi connectivity index (χ3v) is 6.21. The van der Waals surface area contributed by atoms with E-state index >= 15 is 0 Å². The number of alkyl halides is 2. The van der Waals surface area contributed by atoms with Gasteiger partial charge in [-0.25, -0.2) is 18.3 Å². The van der Waals surface area contributed by atoms with Crippen LogP contribution in [-0.2, 0) is 0 Å². The normalized spacial score (nSPS) is 19.2. The Morgan fingerprint density at radius 3 is 2.74 bits per heavy atom. The highest BCUT2D eigenvalue weighted by molar-refractivity contribution is 6.00. The van der Waals surface area contributed by atoms with Gasteiger partial charge in [-0.1, -0.05) is 0 Å². The second-order valence-electron chi connectivity index (χ2n) is 7.97. The summed E-state index contributed by atoms with van der Waals surface area (Å²) in [7, 11) is 1.56. The molecule has 0 radical (unpaired) electrons. The number of piperazine rings is 1. The van der Waals surface area contributed by atoms with Gasteiger partial charge in [0.25, 0.3) is 12.3 Å². The van der Waals surface area contributed by atoms with E-state index in [1.54, 1.807) is 36.3 Å². The Hall–Kier alpha value is -3.07. The number of carbonyl (C=O) groups excluding carboxylic acids is 1. The molecule has 4 heterocycles. The highest BCUT2D eigenvalue weighted by Crippen LogP contribution is 2.29. The zero-order valence-electron chi connectivity index (χ0n) is 17.2. The van der Waals surface area contributed by atoms with Crippen LogP contribution in [0.5, 0.6) is 5.75 Å². The number of fused-ring (bicyclic) bond motifs is 2. The lowest BCUT2D eigenvalue weighted by molar-refractivity contribution is 0.0573. The van der Waals surface area contributed by atoms with Crippen molar-refractivity contribution >= 4 is 11.6 Å². The number of rotatable bonds is 4. The van der Waals surface area contributed by atoms with E-state index in [4.69, 9.17) is 4.74 Å². The number of nitrogens with zero attached hydrogens (tertiary/aromatic N) is 5. The summed E-state index contributed by atoms with van der Waals surface area (Å²) in [5, 5.41) is 4.08. The van der Waals surface area contributed by atoms with Gasteiger partial charge in [-0.15, -0.1) is 0 Å². The molecule has 0 N–H and O–H groups in total. The number of amides is 1. The van der Waals surface area contributed by atoms with Gasteiger partial charge in [0.1, 0.15) is 17.0 Å². The van der Waals surface area contributed by atoms with Crippen molar-refractivity contribution in [2.45, 2.75) is 25.3 Å². The van der Waals surface area contributed by atoms with E-state index in [0.717, 1.165) is 30.4 Å². The van der Waals surface area contributed by atoms with Crippen LogP contribution in [0.2, 0.25) is 0 Å². The summed E-state index contributed by atoms with van der Waals surface area (Å²) < 4.78 is 33.9. The van der Waals surface area contributed by atoms with Gasteiger partial charge in [0.15, 0.2) is 5.65 Å². The Morgan fingerprint density at radius 1 is 1.19 bits per heavy atom. The Labute approximate surface area is 178 Å². The summed E-state index contributed by atoms with van der Waals surface area (Å²) in [4.78, 5) is 22.1. The quantitative estimate of drug-likeness (QED) is 0.640. The number of aromatic nitrogens is 3. The second-order valence-corrected chi connectivity index (χ2v) is 7.97. The van der Waals surface area contributed by atoms with Crippen LogP contribution in [0.25, 0.3) is 16.9 Å². The van der Waals surface area contributed by atoms with Crippen LogP contribution in [0.4, 0.5) is 8.78 Å². The number of benzene rings is 1. The molecule has 2 saturated heterocycles. The zero-order chi connectivity index (χ0) is 21.5. The number of hydrogen-bond donors (Lipinski definition) is 0. The Kier molecular flexibility index (Phi) is 5.05. The zero-order valence-corrected chi connectivity index (χ0v) is 17.2. The molecule has 2 fully saturated rings. The molecule has 1 amide bonds. The number of halogens is 2. The van der Waals surface area contributed by atoms with Crippen molar-refractivity contribution in [1.29, 1.82) is 0 Å². The molecule has 9 heteroatoms. The summed E-state index contributed by atoms with van der Waals surface area (Å²) in [5.41, 5.74) is 1.13. The minimum Gasteiger partial charge on any atom is -0.497 e. The van der Waals surface area contributed by atoms with Crippen LogP contribution in [0.1, 0.15) is 35.3 Å². The van der Waals surface area contributed by atoms with E-state index in [2.05, 4.69) is 15.0 Å². The summed E-state index contributed by atoms with van der Waals surface area (Å²) in [6, 6.07) is 8.69. The Morgan fingerprint density at radius 2 is 2.00 bits per heavy atom. The van der Waals surface area contributed by atoms with Gasteiger partial charge in [0, 0.05) is 31.2 Å². The fraction of sp³-hybridized carbons (Fsp3) is 0.409. The van der Waals surface area contributed by atoms with E-state index in [-0.39, 0.29) is 22.8 Å². The molecule has 5 rings (SSSR count). The molecule has 0 saturated carbocycles. The molecule has 162 valence electrons. The fourth-order valence-electron chi connectivity index (χ4n) is 4.55. The van der Waals surface area contributed by atoms with Gasteiger partial charge >= 0.3 is 0 Å². The number of carbonyl (C=O) groups is 1. The average Bonchev–Trinajstić information content (AvgIpc) is 3.44. The standard InChI is InChI=1S/C22H23F2N5O2/c1-31-16-6-4-14(5-7-16)18-11-19(20(23)24)29-21(26-18)17(12-25-29)22(30)28-10-9-27-8-2-3-15(27)13-28/h4-7,11-12,15,20H,2-3,8-10,13H2,1H3/t15-/m0/s1. The molecule has 2 aliphatic heterocycles. The van der Waals surface area contributed by atoms with Gasteiger partial charge in [-0.2, -0.15) is 5.10 Å². The van der Waals surface area contributed by atoms with Crippen molar-refractivity contribution in [3.8, 4) is 17.0 Å². The van der Waals surface area contributed by atoms with E-state index in [9.17, 15) is 13.6 Å². The van der Waals surface area contributed by atoms with Crippen molar-refractivity contribution in [2.24, 2.45) is 0 Å². The first-order valence-electron chi connectivity index (χ1n) is 10.4. The fourth-order valence-corrected chi connectivity index (χ4v) is 4.55. The van der Waals surface area contributed by atoms with Crippen LogP contribution in [-0.4, -0.2) is 69.6 Å². The van der Waals surface area contributed by atoms with E-state index < -0.39 is 6.43 Å². The molecular formula is C22H23F2N5O2. The first kappa shape index (κ1) is 19.9. The third kappa shape index (κ3) is 3.52. The van der Waals surface area contributed by atoms with E-state index in [1.165, 1.54) is 12.3 Å². The average molecular weight is 427 g/mol. The van der Waals surface area contributed by atoms with Gasteiger partial charge in [-0.3, -0.25) is 9.69 Å². The Bertz CT molecular complexity index is 1120. The smallest absolute Gasteiger partial charge is 0.280 e. The lowest BCUT2D eigenvalue weighted by Gasteiger charge is -2.37. The maximum Gasteiger partial charge on any atom is 0.280 e. The second kappa shape index (κ2) is 7.88. The predicted molar refractivity (Wildman–Crippen MR) is 110 cm³/mol. The van der Waals surface area contributed by atoms with E-state index in [0.29, 0.717) is 36.1 Å². The maximum atomic E-state index is 13.8. The molecule has 3 aromatic rings. The van der Waals surface area contributed by atoms with Gasteiger partial charge in [0.05, 0.1) is 19.0 Å². The number of methoxy groups -OCH3 is 1. The van der Waals surface area contributed by atoms with Crippen LogP contribution in [0, 0.1) is 0 Å². The van der Waals surface area contributed by atoms with Crippen LogP contribution in [0.15, 0.2) is 36.5 Å². The molecule has 2 aromatic heterocycles. The molecular weight excluding hydrogens is 404 g/mol. The molecule has 0 bridgehead atoms. The van der Waals surface area contributed by atoms with Gasteiger partial charge in [-0.05, 0) is 49.7 Å². The molecule has 1 aromatic carbocycles. The number of hydrogen-bond acceptors (Lipinski definition) is 5. The summed E-state index contributed by atoms with van der Waals surface area (Å²) in [6.07, 6.45) is 0.824. The molecule has 2 aliphatic rings. The van der Waals surface area contributed by atoms with Crippen LogP contribution in [0.3, 0.4) is 0 Å². The minimum absolute atomic E-state index is 0.155. The SMILES string of the molecule is COc1ccc(-c2cc(C(F)F)n3ncc(C(=O)N4CCN5CCC[C@H]5C4)c3n2)cc1. The molecule has 0 aliphatic carbocycles. The minimum atomic E-state index is -2.76. The van der Waals surface area contributed by atoms with Crippen molar-refractivity contribution in [3.05, 3.63) is 47.8 Å². The molecule has 0 spiro atoms. The maximum absolute atomic E-state index is 13.8. The van der Waals surface area contributed by atoms with Crippen molar-refractivity contribution in [1.82, 2.24) is 24.4 Å². The number of ether oxygens (including phenoxy) is 1. The lowest BCUT2D eigenvalue weighted by Crippen LogP contribution is -2.52. The Balaban J connectivity index is 1.54. The largest absolute Gasteiger partial charge is 0.497 e. The monoisotopic (exact) mass is 427 g/mol. The topological polar surface area (TPSA) is 63.0 Å². The van der Waals surface area contributed by atoms with Crippen LogP contribution < -0.4 is 4.74 Å². The highest BCUT2D eigenvalue weighted by Gasteiger charge is 2.34. The third-order valence-electron chi connectivity index (χ3n) is 6.21. The van der Waals surface area contributed by atoms with Crippen molar-refractivity contribution in [2.75, 3.05) is 33.3 Å². The van der Waals surface area contributed by atoms with Crippen molar-refractivity contribution in [3.63, 3.8) is 0 Å². The summed E-state index contributed by atoms with van der Waals surface area (Å²) in [6.45, 7) is 3.18. The molecule has 7 nitrogen and oxygen atoms in total. The highest BCUT2D eigenvalue weighted by atomic mass is 19.3. The van der Waals surface area contributed by atoms with Gasteiger partial charge < -0.3 is 9.64 Å². The molecule has 0 unspecified atom stereocenters. The molecule has 1 atom stereocenters. The predicted octanol–water partition coefficient (Wildman–Crippen LogP) is 3.26. The lowest BCUT2D eigenvalue weighted by atomic mass is 10.1. The summed E-state index contributed by atoms with van der Waals surface area (Å²) in [5.74, 6) is 0.450. The first-order valence-corrected chi connectivity index (χ1v) is 10.4. The van der Waals surface area contributed by atoms with Crippen LogP contribution >= 0.6 is 0 Å². The summed E-state index contributed by atoms with van der Waals surface area (Å²) >= 11 is 0. The van der Waals surface area contributed by atoms with E-state index in [1.807, 2.05) is 0 Å². The van der Waals surface area contributed by atoms with Gasteiger partial charge in [0.2, 0.25) is 0 Å². The first-order chi connectivity index (χ1) is 15.0. The van der Waals surface area contributed by atoms with Crippen molar-refractivity contribution < 1.29 is 18.3 Å².